The number of allylic oxidation sites excluding steroid dienone is 1. The number of hydrogen-bond acceptors (Lipinski definition) is 2. The van der Waals surface area contributed by atoms with Crippen molar-refractivity contribution in [3.05, 3.63) is 11.6 Å². The van der Waals surface area contributed by atoms with Crippen molar-refractivity contribution in [2.24, 2.45) is 5.92 Å². The molecule has 1 amide bonds. The highest BCUT2D eigenvalue weighted by Crippen LogP contribution is 2.12. The summed E-state index contributed by atoms with van der Waals surface area (Å²) in [5, 5.41) is 6.37. The average Bonchev–Trinajstić information content (AvgIpc) is 2.30. The summed E-state index contributed by atoms with van der Waals surface area (Å²) in [5.74, 6) is 0.829. The molecule has 0 radical (unpaired) electrons. The number of amides is 1. The van der Waals surface area contributed by atoms with Gasteiger partial charge in [-0.15, -0.1) is 0 Å². The van der Waals surface area contributed by atoms with Gasteiger partial charge in [-0.3, -0.25) is 4.79 Å². The van der Waals surface area contributed by atoms with Crippen molar-refractivity contribution in [1.29, 1.82) is 0 Å². The van der Waals surface area contributed by atoms with E-state index in [1.54, 1.807) is 0 Å². The van der Waals surface area contributed by atoms with E-state index in [0.717, 1.165) is 44.0 Å². The number of carbonyl (C=O) groups is 1. The molecule has 1 fully saturated rings. The van der Waals surface area contributed by atoms with E-state index < -0.39 is 0 Å². The molecule has 1 aliphatic heterocycles. The van der Waals surface area contributed by atoms with Gasteiger partial charge in [0, 0.05) is 12.1 Å². The van der Waals surface area contributed by atoms with Crippen LogP contribution in [0.1, 0.15) is 39.5 Å². The monoisotopic (exact) mass is 224 g/mol. The summed E-state index contributed by atoms with van der Waals surface area (Å²) < 4.78 is 0. The van der Waals surface area contributed by atoms with E-state index >= 15 is 0 Å². The van der Waals surface area contributed by atoms with Crippen LogP contribution in [0.25, 0.3) is 0 Å². The van der Waals surface area contributed by atoms with Crippen LogP contribution in [-0.2, 0) is 4.79 Å². The fourth-order valence-electron chi connectivity index (χ4n) is 2.10. The standard InChI is InChI=1S/C13H24N2O/c1-3-5-11(2)13(16)15-9-7-12-6-4-8-14-10-12/h5,12,14H,3-4,6-10H2,1-2H3,(H,15,16)/b11-5-/t12-/m1/s1. The van der Waals surface area contributed by atoms with E-state index in [9.17, 15) is 4.79 Å². The molecule has 0 saturated carbocycles. The van der Waals surface area contributed by atoms with E-state index in [2.05, 4.69) is 10.6 Å². The van der Waals surface area contributed by atoms with Crippen LogP contribution in [0.3, 0.4) is 0 Å². The molecular formula is C13H24N2O. The zero-order chi connectivity index (χ0) is 11.8. The summed E-state index contributed by atoms with van der Waals surface area (Å²) in [4.78, 5) is 11.6. The smallest absolute Gasteiger partial charge is 0.246 e. The van der Waals surface area contributed by atoms with Gasteiger partial charge in [-0.2, -0.15) is 0 Å². The van der Waals surface area contributed by atoms with E-state index in [4.69, 9.17) is 0 Å². The lowest BCUT2D eigenvalue weighted by Crippen LogP contribution is -2.33. The molecule has 2 N–H and O–H groups in total. The van der Waals surface area contributed by atoms with Crippen LogP contribution in [-0.4, -0.2) is 25.5 Å². The Balaban J connectivity index is 2.14. The lowest BCUT2D eigenvalue weighted by Gasteiger charge is -2.22. The van der Waals surface area contributed by atoms with Gasteiger partial charge in [-0.25, -0.2) is 0 Å². The second-order valence-corrected chi connectivity index (χ2v) is 4.55. The van der Waals surface area contributed by atoms with E-state index in [0.29, 0.717) is 0 Å². The van der Waals surface area contributed by atoms with Gasteiger partial charge < -0.3 is 10.6 Å². The van der Waals surface area contributed by atoms with Crippen molar-refractivity contribution in [1.82, 2.24) is 10.6 Å². The molecule has 1 saturated heterocycles. The molecule has 0 unspecified atom stereocenters. The Bertz CT molecular complexity index is 242. The Hall–Kier alpha value is -0.830. The largest absolute Gasteiger partial charge is 0.352 e. The molecule has 3 heteroatoms. The summed E-state index contributed by atoms with van der Waals surface area (Å²) in [6.07, 6.45) is 6.56. The van der Waals surface area contributed by atoms with Crippen molar-refractivity contribution >= 4 is 5.91 Å². The number of hydrogen-bond donors (Lipinski definition) is 2. The highest BCUT2D eigenvalue weighted by molar-refractivity contribution is 5.92. The lowest BCUT2D eigenvalue weighted by molar-refractivity contribution is -0.117. The third-order valence-corrected chi connectivity index (χ3v) is 3.11. The van der Waals surface area contributed by atoms with Crippen LogP contribution in [0.4, 0.5) is 0 Å². The third kappa shape index (κ3) is 4.79. The summed E-state index contributed by atoms with van der Waals surface area (Å²) in [5.41, 5.74) is 0.837. The first-order chi connectivity index (χ1) is 7.74. The molecule has 0 bridgehead atoms. The molecule has 92 valence electrons. The predicted octanol–water partition coefficient (Wildman–Crippen LogP) is 1.85. The second kappa shape index (κ2) is 7.44. The first kappa shape index (κ1) is 13.2. The van der Waals surface area contributed by atoms with E-state index in [1.165, 1.54) is 12.8 Å². The average molecular weight is 224 g/mol. The van der Waals surface area contributed by atoms with E-state index in [1.807, 2.05) is 19.9 Å². The molecule has 1 rings (SSSR count). The molecule has 3 nitrogen and oxygen atoms in total. The minimum atomic E-state index is 0.0885. The predicted molar refractivity (Wildman–Crippen MR) is 67.3 cm³/mol. The van der Waals surface area contributed by atoms with Gasteiger partial charge in [0.15, 0.2) is 0 Å². The Labute approximate surface area is 98.7 Å². The number of carbonyl (C=O) groups excluding carboxylic acids is 1. The summed E-state index contributed by atoms with van der Waals surface area (Å²) in [7, 11) is 0. The normalized spacial score (nSPS) is 21.9. The van der Waals surface area contributed by atoms with Gasteiger partial charge in [0.2, 0.25) is 5.91 Å². The van der Waals surface area contributed by atoms with Crippen molar-refractivity contribution < 1.29 is 4.79 Å². The SMILES string of the molecule is CC/C=C(/C)C(=O)NCC[C@H]1CCCNC1. The first-order valence-electron chi connectivity index (χ1n) is 6.39. The van der Waals surface area contributed by atoms with Gasteiger partial charge in [-0.1, -0.05) is 13.0 Å². The third-order valence-electron chi connectivity index (χ3n) is 3.11. The zero-order valence-electron chi connectivity index (χ0n) is 10.5. The number of rotatable bonds is 5. The van der Waals surface area contributed by atoms with Crippen LogP contribution >= 0.6 is 0 Å². The Morgan fingerprint density at radius 1 is 1.56 bits per heavy atom. The minimum Gasteiger partial charge on any atom is -0.352 e. The number of nitrogens with one attached hydrogen (secondary N) is 2. The van der Waals surface area contributed by atoms with Gasteiger partial charge in [-0.05, 0) is 51.6 Å². The molecule has 1 aliphatic rings. The molecule has 0 aromatic heterocycles. The van der Waals surface area contributed by atoms with Crippen molar-refractivity contribution in [2.45, 2.75) is 39.5 Å². The lowest BCUT2D eigenvalue weighted by atomic mass is 9.96. The van der Waals surface area contributed by atoms with Gasteiger partial charge >= 0.3 is 0 Å². The molecule has 1 atom stereocenters. The maximum Gasteiger partial charge on any atom is 0.246 e. The Kier molecular flexibility index (Phi) is 6.16. The zero-order valence-corrected chi connectivity index (χ0v) is 10.5. The summed E-state index contributed by atoms with van der Waals surface area (Å²) >= 11 is 0. The highest BCUT2D eigenvalue weighted by Gasteiger charge is 2.12. The Morgan fingerprint density at radius 2 is 2.38 bits per heavy atom. The fourth-order valence-corrected chi connectivity index (χ4v) is 2.10. The maximum absolute atomic E-state index is 11.6. The van der Waals surface area contributed by atoms with Crippen LogP contribution in [0, 0.1) is 5.92 Å². The molecular weight excluding hydrogens is 200 g/mol. The molecule has 0 aromatic rings. The van der Waals surface area contributed by atoms with E-state index in [-0.39, 0.29) is 5.91 Å². The number of piperidine rings is 1. The summed E-state index contributed by atoms with van der Waals surface area (Å²) in [6.45, 7) is 6.99. The molecule has 16 heavy (non-hydrogen) atoms. The highest BCUT2D eigenvalue weighted by atomic mass is 16.1. The van der Waals surface area contributed by atoms with Gasteiger partial charge in [0.1, 0.15) is 0 Å². The van der Waals surface area contributed by atoms with Crippen LogP contribution in [0.5, 0.6) is 0 Å². The molecule has 1 heterocycles. The van der Waals surface area contributed by atoms with Crippen LogP contribution in [0.2, 0.25) is 0 Å². The Morgan fingerprint density at radius 3 is 3.00 bits per heavy atom. The molecule has 0 aromatic carbocycles. The first-order valence-corrected chi connectivity index (χ1v) is 6.39. The minimum absolute atomic E-state index is 0.0885. The van der Waals surface area contributed by atoms with Crippen molar-refractivity contribution in [3.8, 4) is 0 Å². The van der Waals surface area contributed by atoms with Gasteiger partial charge in [0.05, 0.1) is 0 Å². The second-order valence-electron chi connectivity index (χ2n) is 4.55. The van der Waals surface area contributed by atoms with Crippen molar-refractivity contribution in [3.63, 3.8) is 0 Å². The topological polar surface area (TPSA) is 41.1 Å². The molecule has 0 aliphatic carbocycles. The van der Waals surface area contributed by atoms with Gasteiger partial charge in [0.25, 0.3) is 0 Å². The maximum atomic E-state index is 11.6. The quantitative estimate of drug-likeness (QED) is 0.700. The fraction of sp³-hybridized carbons (Fsp3) is 0.769. The molecule has 0 spiro atoms. The summed E-state index contributed by atoms with van der Waals surface area (Å²) in [6, 6.07) is 0. The van der Waals surface area contributed by atoms with Crippen LogP contribution in [0.15, 0.2) is 11.6 Å². The van der Waals surface area contributed by atoms with Crippen molar-refractivity contribution in [2.75, 3.05) is 19.6 Å². The van der Waals surface area contributed by atoms with Crippen LogP contribution < -0.4 is 10.6 Å².